The molecule has 44 heavy (non-hydrogen) atoms. The highest BCUT2D eigenvalue weighted by Gasteiger charge is 2.64. The third kappa shape index (κ3) is 4.53. The number of nitrogens with zero attached hydrogens (tertiary/aromatic N) is 2. The van der Waals surface area contributed by atoms with Crippen LogP contribution in [0.4, 0.5) is 26.2 Å². The monoisotopic (exact) mass is 609 g/mol. The number of hydrogen-bond acceptors (Lipinski definition) is 10. The fourth-order valence-corrected chi connectivity index (χ4v) is 6.64. The van der Waals surface area contributed by atoms with E-state index in [4.69, 9.17) is 5.73 Å². The van der Waals surface area contributed by atoms with Crippen LogP contribution in [0, 0.1) is 17.7 Å². The molecule has 0 aliphatic heterocycles. The summed E-state index contributed by atoms with van der Waals surface area (Å²) in [6.45, 7) is 0. The summed E-state index contributed by atoms with van der Waals surface area (Å²) in [5.41, 5.74) is 2.06. The van der Waals surface area contributed by atoms with Crippen molar-refractivity contribution in [3.05, 3.63) is 64.2 Å². The van der Waals surface area contributed by atoms with Gasteiger partial charge in [0.05, 0.1) is 17.3 Å². The van der Waals surface area contributed by atoms with E-state index in [2.05, 4.69) is 10.6 Å². The van der Waals surface area contributed by atoms with Gasteiger partial charge in [-0.15, -0.1) is 0 Å². The van der Waals surface area contributed by atoms with Crippen molar-refractivity contribution < 1.29 is 44.0 Å². The lowest BCUT2D eigenvalue weighted by molar-refractivity contribution is -0.153. The number of nitrogens with one attached hydrogen (secondary N) is 2. The zero-order valence-corrected chi connectivity index (χ0v) is 24.3. The van der Waals surface area contributed by atoms with Crippen LogP contribution in [0.3, 0.4) is 0 Å². The van der Waals surface area contributed by atoms with Crippen LogP contribution < -0.4 is 21.3 Å². The molecule has 5 rings (SSSR count). The molecule has 4 atom stereocenters. The molecule has 13 nitrogen and oxygen atoms in total. The topological polar surface area (TPSA) is 206 Å². The predicted octanol–water partition coefficient (Wildman–Crippen LogP) is 1.81. The van der Waals surface area contributed by atoms with Crippen molar-refractivity contribution in [1.29, 1.82) is 0 Å². The molecule has 0 bridgehead atoms. The van der Waals surface area contributed by atoms with Crippen molar-refractivity contribution in [3.8, 4) is 5.75 Å². The Bertz CT molecular complexity index is 1700. The van der Waals surface area contributed by atoms with Gasteiger partial charge in [0.15, 0.2) is 17.1 Å². The summed E-state index contributed by atoms with van der Waals surface area (Å²) in [5.74, 6) is -8.32. The summed E-state index contributed by atoms with van der Waals surface area (Å²) in [7, 11) is 6.43. The summed E-state index contributed by atoms with van der Waals surface area (Å²) >= 11 is 0. The number of aliphatic hydroxyl groups excluding tert-OH is 2. The smallest absolute Gasteiger partial charge is 0.323 e. The number of aliphatic hydroxyl groups is 3. The Kier molecular flexibility index (Phi) is 7.38. The second kappa shape index (κ2) is 10.6. The van der Waals surface area contributed by atoms with Gasteiger partial charge in [-0.05, 0) is 62.7 Å². The standard InChI is InChI=1S/C30H32FN5O8/c1-35(2)18-11-17(34-29(43)33-14-7-5-6-13(31)10-14)23(37)20-15(18)8-12-9-16-22(36(3)4)25(39)21(28(32)42)27(41)30(16,44)26(40)19(12)24(20)38/h5-7,10-12,16,22,37-38,41,44H,8-9H2,1-4H3,(H2,32,42)(H2,33,34,43). The largest absolute Gasteiger partial charge is 0.508 e. The van der Waals surface area contributed by atoms with E-state index in [1.807, 2.05) is 0 Å². The van der Waals surface area contributed by atoms with Gasteiger partial charge in [-0.3, -0.25) is 19.3 Å². The van der Waals surface area contributed by atoms with Gasteiger partial charge in [0, 0.05) is 37.0 Å². The fraction of sp³-hybridized carbons (Fsp3) is 0.333. The number of likely N-dealkylation sites (N-methyl/N-ethyl adjacent to an activating group) is 1. The van der Waals surface area contributed by atoms with Crippen LogP contribution in [-0.2, 0) is 20.8 Å². The van der Waals surface area contributed by atoms with E-state index in [-0.39, 0.29) is 35.4 Å². The molecular formula is C30H32FN5O8. The summed E-state index contributed by atoms with van der Waals surface area (Å²) in [6, 6.07) is 4.58. The molecule has 2 aromatic rings. The number of ketones is 2. The van der Waals surface area contributed by atoms with Gasteiger partial charge in [-0.2, -0.15) is 0 Å². The molecule has 0 radical (unpaired) electrons. The number of aromatic hydroxyl groups is 1. The maximum Gasteiger partial charge on any atom is 0.323 e. The van der Waals surface area contributed by atoms with E-state index >= 15 is 0 Å². The van der Waals surface area contributed by atoms with Crippen LogP contribution in [-0.4, -0.2) is 88.7 Å². The highest BCUT2D eigenvalue weighted by atomic mass is 19.1. The quantitative estimate of drug-likeness (QED) is 0.193. The molecule has 0 heterocycles. The van der Waals surface area contributed by atoms with Crippen molar-refractivity contribution >= 4 is 46.3 Å². The van der Waals surface area contributed by atoms with E-state index in [0.29, 0.717) is 11.3 Å². The molecule has 1 saturated carbocycles. The Morgan fingerprint density at radius 3 is 2.34 bits per heavy atom. The Morgan fingerprint density at radius 2 is 1.75 bits per heavy atom. The normalized spacial score (nSPS) is 24.5. The second-order valence-corrected chi connectivity index (χ2v) is 11.6. The molecule has 3 aliphatic carbocycles. The van der Waals surface area contributed by atoms with Crippen LogP contribution in [0.15, 0.2) is 47.2 Å². The number of phenolic OH excluding ortho intramolecular Hbond substituents is 1. The molecule has 3 aliphatic rings. The van der Waals surface area contributed by atoms with Gasteiger partial charge in [0.1, 0.15) is 22.9 Å². The summed E-state index contributed by atoms with van der Waals surface area (Å²) < 4.78 is 13.6. The Balaban J connectivity index is 1.64. The number of carbonyl (C=O) groups is 4. The summed E-state index contributed by atoms with van der Waals surface area (Å²) in [6.07, 6.45) is 0.0147. The van der Waals surface area contributed by atoms with E-state index in [1.165, 1.54) is 43.3 Å². The lowest BCUT2D eigenvalue weighted by atomic mass is 9.57. The number of carbonyl (C=O) groups excluding carboxylic acids is 4. The summed E-state index contributed by atoms with van der Waals surface area (Å²) in [5, 5.41) is 50.5. The summed E-state index contributed by atoms with van der Waals surface area (Å²) in [4.78, 5) is 55.3. The Morgan fingerprint density at radius 1 is 1.07 bits per heavy atom. The number of primary amides is 1. The van der Waals surface area contributed by atoms with Gasteiger partial charge >= 0.3 is 6.03 Å². The number of rotatable bonds is 5. The zero-order valence-electron chi connectivity index (χ0n) is 24.3. The Hall–Kier alpha value is -4.95. The van der Waals surface area contributed by atoms with Gasteiger partial charge in [0.2, 0.25) is 5.78 Å². The molecule has 2 aromatic carbocycles. The van der Waals surface area contributed by atoms with Crippen molar-refractivity contribution in [1.82, 2.24) is 4.90 Å². The first kappa shape index (κ1) is 30.5. The van der Waals surface area contributed by atoms with E-state index in [0.717, 1.165) is 6.07 Å². The highest BCUT2D eigenvalue weighted by molar-refractivity contribution is 6.24. The van der Waals surface area contributed by atoms with Crippen LogP contribution in [0.25, 0.3) is 5.76 Å². The second-order valence-electron chi connectivity index (χ2n) is 11.6. The molecule has 8 N–H and O–H groups in total. The maximum atomic E-state index is 14.1. The third-order valence-corrected chi connectivity index (χ3v) is 8.51. The van der Waals surface area contributed by atoms with Crippen molar-refractivity contribution in [3.63, 3.8) is 0 Å². The number of Topliss-reactive ketones (excluding diaryl/α,β-unsaturated/α-hetero) is 2. The van der Waals surface area contributed by atoms with Crippen LogP contribution in [0.1, 0.15) is 17.5 Å². The number of urea groups is 1. The minimum atomic E-state index is -2.77. The molecule has 0 spiro atoms. The molecule has 0 aromatic heterocycles. The SMILES string of the molecule is CN(C)c1cc(NC(=O)Nc2cccc(F)c2)c(O)c2c1CC1CC3C(N(C)C)C(=O)C(C(N)=O)=C(O)C3(O)C(=O)C1=C2O. The lowest BCUT2D eigenvalue weighted by Crippen LogP contribution is -2.65. The van der Waals surface area contributed by atoms with E-state index in [1.54, 1.807) is 19.0 Å². The average Bonchev–Trinajstić information content (AvgIpc) is 2.91. The number of hydrogen-bond donors (Lipinski definition) is 7. The molecular weight excluding hydrogens is 577 g/mol. The van der Waals surface area contributed by atoms with Gasteiger partial charge in [-0.1, -0.05) is 6.07 Å². The fourth-order valence-electron chi connectivity index (χ4n) is 6.64. The van der Waals surface area contributed by atoms with Gasteiger partial charge in [0.25, 0.3) is 5.91 Å². The molecule has 1 fully saturated rings. The van der Waals surface area contributed by atoms with Crippen molar-refractivity contribution in [2.75, 3.05) is 43.7 Å². The number of amides is 3. The van der Waals surface area contributed by atoms with Gasteiger partial charge < -0.3 is 41.7 Å². The first-order chi connectivity index (χ1) is 20.6. The zero-order chi connectivity index (χ0) is 32.4. The first-order valence-electron chi connectivity index (χ1n) is 13.6. The maximum absolute atomic E-state index is 14.1. The van der Waals surface area contributed by atoms with Crippen LogP contribution in [0.5, 0.6) is 5.75 Å². The molecule has 4 unspecified atom stereocenters. The number of fused-ring (bicyclic) bond motifs is 3. The number of benzene rings is 2. The number of halogens is 1. The molecule has 232 valence electrons. The minimum Gasteiger partial charge on any atom is -0.508 e. The van der Waals surface area contributed by atoms with E-state index < -0.39 is 75.6 Å². The van der Waals surface area contributed by atoms with Crippen molar-refractivity contribution in [2.45, 2.75) is 24.5 Å². The number of anilines is 3. The highest BCUT2D eigenvalue weighted by Crippen LogP contribution is 2.54. The van der Waals surface area contributed by atoms with Gasteiger partial charge in [-0.25, -0.2) is 9.18 Å². The number of nitrogens with two attached hydrogens (primary N) is 1. The predicted molar refractivity (Wildman–Crippen MR) is 158 cm³/mol. The first-order valence-corrected chi connectivity index (χ1v) is 13.6. The van der Waals surface area contributed by atoms with Crippen LogP contribution >= 0.6 is 0 Å². The molecule has 0 saturated heterocycles. The third-order valence-electron chi connectivity index (χ3n) is 8.51. The minimum absolute atomic E-state index is 0.0601. The van der Waals surface area contributed by atoms with Crippen molar-refractivity contribution in [2.24, 2.45) is 17.6 Å². The van der Waals surface area contributed by atoms with E-state index in [9.17, 15) is 44.0 Å². The average molecular weight is 610 g/mol. The number of phenols is 1. The lowest BCUT2D eigenvalue weighted by Gasteiger charge is -2.50. The van der Waals surface area contributed by atoms with Crippen LogP contribution in [0.2, 0.25) is 0 Å². The molecule has 3 amide bonds. The molecule has 14 heteroatoms. The Labute approximate surface area is 251 Å².